The van der Waals surface area contributed by atoms with Gasteiger partial charge in [-0.1, -0.05) is 24.3 Å². The Morgan fingerprint density at radius 1 is 0.633 bits per heavy atom. The maximum absolute atomic E-state index is 11.1. The molecule has 2 aromatic carbocycles. The van der Waals surface area contributed by atoms with Gasteiger partial charge >= 0.3 is 11.9 Å². The van der Waals surface area contributed by atoms with E-state index in [9.17, 15) is 9.59 Å². The zero-order chi connectivity index (χ0) is 21.7. The van der Waals surface area contributed by atoms with Gasteiger partial charge in [0.2, 0.25) is 0 Å². The van der Waals surface area contributed by atoms with Gasteiger partial charge in [-0.3, -0.25) is 0 Å². The monoisotopic (exact) mass is 416 g/mol. The molecule has 160 valence electrons. The molecule has 0 saturated carbocycles. The van der Waals surface area contributed by atoms with Crippen molar-refractivity contribution in [2.45, 2.75) is 24.4 Å². The van der Waals surface area contributed by atoms with Gasteiger partial charge in [-0.2, -0.15) is 0 Å². The molecule has 0 aliphatic carbocycles. The summed E-state index contributed by atoms with van der Waals surface area (Å²) in [5.74, 6) is 0.926. The van der Waals surface area contributed by atoms with Gasteiger partial charge in [0, 0.05) is 0 Å². The summed E-state index contributed by atoms with van der Waals surface area (Å²) in [5, 5.41) is 0. The zero-order valence-electron chi connectivity index (χ0n) is 17.2. The number of epoxide rings is 2. The zero-order valence-corrected chi connectivity index (χ0v) is 17.2. The summed E-state index contributed by atoms with van der Waals surface area (Å²) in [5.41, 5.74) is 1.93. The van der Waals surface area contributed by atoms with Crippen LogP contribution in [0, 0.1) is 0 Å². The molecule has 0 radical (unpaired) electrons. The maximum atomic E-state index is 11.1. The average molecular weight is 416 g/mol. The number of carbonyl (C=O) groups is 2. The van der Waals surface area contributed by atoms with Gasteiger partial charge in [-0.15, -0.1) is 0 Å². The molecule has 8 heteroatoms. The fraction of sp³-hybridized carbons (Fsp3) is 0.364. The van der Waals surface area contributed by atoms with Crippen LogP contribution in [-0.2, 0) is 28.5 Å². The second-order valence-electron chi connectivity index (χ2n) is 6.55. The lowest BCUT2D eigenvalue weighted by molar-refractivity contribution is -0.142. The van der Waals surface area contributed by atoms with E-state index >= 15 is 0 Å². The van der Waals surface area contributed by atoms with Gasteiger partial charge in [0.25, 0.3) is 0 Å². The molecule has 0 amide bonds. The Kier molecular flexibility index (Phi) is 6.91. The van der Waals surface area contributed by atoms with Crippen molar-refractivity contribution in [1.29, 1.82) is 0 Å². The molecule has 0 unspecified atom stereocenters. The summed E-state index contributed by atoms with van der Waals surface area (Å²) in [6.07, 6.45) is -1.21. The third-order valence-electron chi connectivity index (χ3n) is 4.74. The van der Waals surface area contributed by atoms with Crippen LogP contribution >= 0.6 is 0 Å². The minimum atomic E-state index is -0.441. The van der Waals surface area contributed by atoms with Gasteiger partial charge in [0.1, 0.15) is 23.7 Å². The minimum absolute atomic E-state index is 0.164. The van der Waals surface area contributed by atoms with Crippen molar-refractivity contribution in [3.05, 3.63) is 59.7 Å². The molecule has 2 heterocycles. The van der Waals surface area contributed by atoms with Crippen LogP contribution in [-0.4, -0.2) is 52.6 Å². The number of carbonyl (C=O) groups excluding carboxylic acids is 2. The standard InChI is InChI=1S/2C11H12O4/c2*1-13-8-5-3-7(4-6-8)9-10(15-9)11(12)14-2/h2*3-6,9-10H,1-2H3/t2*9-,10+/m10/s1. The largest absolute Gasteiger partial charge is 0.497 e. The van der Waals surface area contributed by atoms with Crippen LogP contribution in [0.4, 0.5) is 0 Å². The van der Waals surface area contributed by atoms with E-state index in [-0.39, 0.29) is 24.1 Å². The first kappa shape index (κ1) is 21.6. The second kappa shape index (κ2) is 9.60. The van der Waals surface area contributed by atoms with E-state index in [2.05, 4.69) is 9.47 Å². The first-order chi connectivity index (χ1) is 14.5. The second-order valence-corrected chi connectivity index (χ2v) is 6.55. The van der Waals surface area contributed by atoms with Crippen molar-refractivity contribution in [3.8, 4) is 11.5 Å². The van der Waals surface area contributed by atoms with Crippen molar-refractivity contribution < 1.29 is 38.0 Å². The molecular weight excluding hydrogens is 392 g/mol. The highest BCUT2D eigenvalue weighted by Crippen LogP contribution is 2.40. The van der Waals surface area contributed by atoms with E-state index in [0.29, 0.717) is 0 Å². The summed E-state index contributed by atoms with van der Waals surface area (Å²) in [6, 6.07) is 14.9. The molecule has 4 atom stereocenters. The number of benzene rings is 2. The Balaban J connectivity index is 0.000000171. The van der Waals surface area contributed by atoms with Crippen LogP contribution in [0.1, 0.15) is 23.3 Å². The number of methoxy groups -OCH3 is 4. The minimum Gasteiger partial charge on any atom is -0.497 e. The number of hydrogen-bond donors (Lipinski definition) is 0. The molecule has 30 heavy (non-hydrogen) atoms. The van der Waals surface area contributed by atoms with Crippen molar-refractivity contribution in [2.75, 3.05) is 28.4 Å². The van der Waals surface area contributed by atoms with Gasteiger partial charge in [0.15, 0.2) is 12.2 Å². The normalized spacial score (nSPS) is 23.3. The van der Waals surface area contributed by atoms with Gasteiger partial charge in [0.05, 0.1) is 28.4 Å². The first-order valence-electron chi connectivity index (χ1n) is 9.26. The van der Waals surface area contributed by atoms with E-state index in [1.165, 1.54) is 14.2 Å². The van der Waals surface area contributed by atoms with E-state index in [4.69, 9.17) is 18.9 Å². The number of esters is 2. The SMILES string of the molecule is COC(=O)[C@@H]1O[C@H]1c1ccc(OC)cc1.COC(=O)[C@H]1O[C@@H]1c1ccc(OC)cc1. The Labute approximate surface area is 174 Å². The van der Waals surface area contributed by atoms with E-state index in [1.807, 2.05) is 48.5 Å². The Bertz CT molecular complexity index is 788. The predicted octanol–water partition coefficient (Wildman–Crippen LogP) is 2.62. The molecule has 2 fully saturated rings. The fourth-order valence-electron chi connectivity index (χ4n) is 2.91. The van der Waals surface area contributed by atoms with Crippen LogP contribution in [0.3, 0.4) is 0 Å². The number of hydrogen-bond acceptors (Lipinski definition) is 8. The van der Waals surface area contributed by atoms with Crippen molar-refractivity contribution in [1.82, 2.24) is 0 Å². The Hall–Kier alpha value is -3.10. The highest BCUT2D eigenvalue weighted by atomic mass is 16.6. The molecule has 2 aromatic rings. The lowest BCUT2D eigenvalue weighted by Crippen LogP contribution is -2.09. The summed E-state index contributed by atoms with van der Waals surface area (Å²) in [7, 11) is 5.93. The first-order valence-corrected chi connectivity index (χ1v) is 9.26. The molecule has 4 rings (SSSR count). The van der Waals surface area contributed by atoms with E-state index < -0.39 is 12.2 Å². The van der Waals surface area contributed by atoms with Crippen LogP contribution < -0.4 is 9.47 Å². The molecule has 2 aliphatic rings. The third-order valence-corrected chi connectivity index (χ3v) is 4.74. The van der Waals surface area contributed by atoms with Crippen LogP contribution in [0.25, 0.3) is 0 Å². The van der Waals surface area contributed by atoms with Crippen molar-refractivity contribution in [3.63, 3.8) is 0 Å². The molecular formula is C22H24O8. The lowest BCUT2D eigenvalue weighted by Gasteiger charge is -2.00. The van der Waals surface area contributed by atoms with Gasteiger partial charge in [-0.05, 0) is 35.4 Å². The highest BCUT2D eigenvalue weighted by molar-refractivity contribution is 5.78. The molecule has 0 N–H and O–H groups in total. The number of ether oxygens (including phenoxy) is 6. The van der Waals surface area contributed by atoms with Gasteiger partial charge < -0.3 is 28.4 Å². The summed E-state index contributed by atoms with van der Waals surface area (Å²) >= 11 is 0. The molecule has 0 bridgehead atoms. The fourth-order valence-corrected chi connectivity index (χ4v) is 2.91. The average Bonchev–Trinajstić information content (AvgIpc) is 3.72. The molecule has 8 nitrogen and oxygen atoms in total. The van der Waals surface area contributed by atoms with Crippen LogP contribution in [0.15, 0.2) is 48.5 Å². The smallest absolute Gasteiger partial charge is 0.338 e. The highest BCUT2D eigenvalue weighted by Gasteiger charge is 2.47. The van der Waals surface area contributed by atoms with E-state index in [1.54, 1.807) is 14.2 Å². The van der Waals surface area contributed by atoms with Crippen LogP contribution in [0.5, 0.6) is 11.5 Å². The quantitative estimate of drug-likeness (QED) is 0.524. The number of rotatable bonds is 6. The maximum Gasteiger partial charge on any atom is 0.338 e. The Morgan fingerprint density at radius 2 is 0.967 bits per heavy atom. The molecule has 0 spiro atoms. The molecule has 0 aromatic heterocycles. The lowest BCUT2D eigenvalue weighted by atomic mass is 10.1. The van der Waals surface area contributed by atoms with E-state index in [0.717, 1.165) is 22.6 Å². The third kappa shape index (κ3) is 5.08. The van der Waals surface area contributed by atoms with Gasteiger partial charge in [-0.25, -0.2) is 9.59 Å². The summed E-state index contributed by atoms with van der Waals surface area (Å²) in [6.45, 7) is 0. The Morgan fingerprint density at radius 3 is 1.23 bits per heavy atom. The van der Waals surface area contributed by atoms with Crippen LogP contribution in [0.2, 0.25) is 0 Å². The summed E-state index contributed by atoms with van der Waals surface area (Å²) < 4.78 is 29.7. The molecule has 2 aliphatic heterocycles. The van der Waals surface area contributed by atoms with Crippen molar-refractivity contribution >= 4 is 11.9 Å². The molecule has 2 saturated heterocycles. The van der Waals surface area contributed by atoms with Crippen molar-refractivity contribution in [2.24, 2.45) is 0 Å². The topological polar surface area (TPSA) is 96.1 Å². The predicted molar refractivity (Wildman–Crippen MR) is 105 cm³/mol. The summed E-state index contributed by atoms with van der Waals surface area (Å²) in [4.78, 5) is 22.2.